The summed E-state index contributed by atoms with van der Waals surface area (Å²) >= 11 is 4.99. The number of aromatic nitrogens is 2. The standard InChI is InChI=1S/C6H9N3S/c1-2-7-6(10)5-3-4-8-9-5/h3-4H,2H2,1H3,(H,7,10)(H,8,9). The average molecular weight is 155 g/mol. The third-order valence-corrected chi connectivity index (χ3v) is 1.45. The third-order valence-electron chi connectivity index (χ3n) is 1.08. The van der Waals surface area contributed by atoms with Crippen LogP contribution in [0.3, 0.4) is 0 Å². The lowest BCUT2D eigenvalue weighted by Gasteiger charge is -1.99. The molecule has 0 radical (unpaired) electrons. The van der Waals surface area contributed by atoms with Crippen LogP contribution in [0.5, 0.6) is 0 Å². The molecule has 0 aliphatic carbocycles. The first-order chi connectivity index (χ1) is 4.84. The third kappa shape index (κ3) is 1.54. The van der Waals surface area contributed by atoms with Crippen LogP contribution in [-0.4, -0.2) is 21.7 Å². The maximum Gasteiger partial charge on any atom is 0.124 e. The molecule has 1 aromatic heterocycles. The van der Waals surface area contributed by atoms with Gasteiger partial charge in [-0.05, 0) is 13.0 Å². The van der Waals surface area contributed by atoms with Gasteiger partial charge in [0.1, 0.15) is 4.99 Å². The maximum absolute atomic E-state index is 4.99. The Morgan fingerprint density at radius 1 is 1.90 bits per heavy atom. The van der Waals surface area contributed by atoms with Crippen LogP contribution in [0.4, 0.5) is 0 Å². The Morgan fingerprint density at radius 2 is 2.70 bits per heavy atom. The number of nitrogens with zero attached hydrogens (tertiary/aromatic N) is 1. The van der Waals surface area contributed by atoms with E-state index in [2.05, 4.69) is 15.5 Å². The van der Waals surface area contributed by atoms with Gasteiger partial charge in [-0.3, -0.25) is 5.10 Å². The SMILES string of the molecule is CCNC(=S)c1ccn[nH]1. The van der Waals surface area contributed by atoms with E-state index in [0.29, 0.717) is 0 Å². The van der Waals surface area contributed by atoms with Crippen molar-refractivity contribution in [1.29, 1.82) is 0 Å². The lowest BCUT2D eigenvalue weighted by Crippen LogP contribution is -2.21. The molecule has 0 aromatic carbocycles. The van der Waals surface area contributed by atoms with Gasteiger partial charge in [0.05, 0.1) is 5.69 Å². The highest BCUT2D eigenvalue weighted by molar-refractivity contribution is 7.80. The predicted octanol–water partition coefficient (Wildman–Crippen LogP) is 0.695. The van der Waals surface area contributed by atoms with Crippen molar-refractivity contribution in [2.24, 2.45) is 0 Å². The highest BCUT2D eigenvalue weighted by Gasteiger charge is 1.97. The zero-order chi connectivity index (χ0) is 7.40. The van der Waals surface area contributed by atoms with E-state index >= 15 is 0 Å². The molecule has 4 heteroatoms. The number of hydrogen-bond acceptors (Lipinski definition) is 2. The Bertz CT molecular complexity index is 205. The molecule has 0 unspecified atom stereocenters. The smallest absolute Gasteiger partial charge is 0.124 e. The summed E-state index contributed by atoms with van der Waals surface area (Å²) in [6.07, 6.45) is 1.68. The number of rotatable bonds is 2. The Hall–Kier alpha value is -0.900. The molecule has 10 heavy (non-hydrogen) atoms. The normalized spacial score (nSPS) is 9.30. The highest BCUT2D eigenvalue weighted by atomic mass is 32.1. The molecule has 0 saturated carbocycles. The summed E-state index contributed by atoms with van der Waals surface area (Å²) in [4.78, 5) is 0.722. The molecule has 0 spiro atoms. The van der Waals surface area contributed by atoms with Gasteiger partial charge < -0.3 is 5.32 Å². The fraction of sp³-hybridized carbons (Fsp3) is 0.333. The molecule has 0 aliphatic rings. The molecular formula is C6H9N3S. The fourth-order valence-corrected chi connectivity index (χ4v) is 0.896. The fourth-order valence-electron chi connectivity index (χ4n) is 0.638. The molecule has 0 fully saturated rings. The Balaban J connectivity index is 2.59. The number of nitrogens with one attached hydrogen (secondary N) is 2. The Kier molecular flexibility index (Phi) is 2.39. The van der Waals surface area contributed by atoms with Gasteiger partial charge in [-0.2, -0.15) is 5.10 Å². The number of hydrogen-bond donors (Lipinski definition) is 2. The molecule has 54 valence electrons. The number of thiocarbonyl (C=S) groups is 1. The lowest BCUT2D eigenvalue weighted by atomic mass is 10.4. The van der Waals surface area contributed by atoms with Crippen molar-refractivity contribution in [2.75, 3.05) is 6.54 Å². The Morgan fingerprint density at radius 3 is 3.20 bits per heavy atom. The second-order valence-corrected chi connectivity index (χ2v) is 2.24. The van der Waals surface area contributed by atoms with Crippen LogP contribution in [0.1, 0.15) is 12.6 Å². The van der Waals surface area contributed by atoms with Crippen LogP contribution in [0.15, 0.2) is 12.3 Å². The highest BCUT2D eigenvalue weighted by Crippen LogP contribution is 1.91. The zero-order valence-electron chi connectivity index (χ0n) is 5.72. The van der Waals surface area contributed by atoms with E-state index in [0.717, 1.165) is 17.2 Å². The summed E-state index contributed by atoms with van der Waals surface area (Å²) in [6, 6.07) is 1.84. The number of aromatic amines is 1. The maximum atomic E-state index is 4.99. The number of H-pyrrole nitrogens is 1. The largest absolute Gasteiger partial charge is 0.375 e. The van der Waals surface area contributed by atoms with Gasteiger partial charge in [-0.1, -0.05) is 12.2 Å². The summed E-state index contributed by atoms with van der Waals surface area (Å²) in [5.74, 6) is 0. The van der Waals surface area contributed by atoms with E-state index in [9.17, 15) is 0 Å². The van der Waals surface area contributed by atoms with Crippen LogP contribution in [0.2, 0.25) is 0 Å². The predicted molar refractivity (Wildman–Crippen MR) is 44.0 cm³/mol. The quantitative estimate of drug-likeness (QED) is 0.617. The molecule has 1 heterocycles. The van der Waals surface area contributed by atoms with Crippen molar-refractivity contribution < 1.29 is 0 Å². The lowest BCUT2D eigenvalue weighted by molar-refractivity contribution is 0.970. The van der Waals surface area contributed by atoms with E-state index in [1.807, 2.05) is 13.0 Å². The molecule has 1 aromatic rings. The summed E-state index contributed by atoms with van der Waals surface area (Å²) in [5.41, 5.74) is 0.872. The van der Waals surface area contributed by atoms with Gasteiger partial charge in [0.2, 0.25) is 0 Å². The van der Waals surface area contributed by atoms with Crippen molar-refractivity contribution >= 4 is 17.2 Å². The summed E-state index contributed by atoms with van der Waals surface area (Å²) in [5, 5.41) is 9.55. The van der Waals surface area contributed by atoms with Crippen molar-refractivity contribution in [3.05, 3.63) is 18.0 Å². The van der Waals surface area contributed by atoms with Gasteiger partial charge in [-0.25, -0.2) is 0 Å². The van der Waals surface area contributed by atoms with Gasteiger partial charge >= 0.3 is 0 Å². The van der Waals surface area contributed by atoms with E-state index in [1.165, 1.54) is 0 Å². The van der Waals surface area contributed by atoms with Crippen LogP contribution >= 0.6 is 12.2 Å². The van der Waals surface area contributed by atoms with Gasteiger partial charge in [0.15, 0.2) is 0 Å². The van der Waals surface area contributed by atoms with Crippen LogP contribution < -0.4 is 5.32 Å². The molecule has 0 amide bonds. The van der Waals surface area contributed by atoms with Crippen LogP contribution in [0, 0.1) is 0 Å². The summed E-state index contributed by atoms with van der Waals surface area (Å²) in [6.45, 7) is 2.85. The van der Waals surface area contributed by atoms with E-state index in [-0.39, 0.29) is 0 Å². The molecule has 1 rings (SSSR count). The molecular weight excluding hydrogens is 146 g/mol. The van der Waals surface area contributed by atoms with E-state index in [1.54, 1.807) is 6.20 Å². The van der Waals surface area contributed by atoms with E-state index < -0.39 is 0 Å². The molecule has 0 aliphatic heterocycles. The van der Waals surface area contributed by atoms with Gasteiger partial charge in [-0.15, -0.1) is 0 Å². The van der Waals surface area contributed by atoms with Gasteiger partial charge in [0.25, 0.3) is 0 Å². The average Bonchev–Trinajstić information content (AvgIpc) is 2.38. The first kappa shape index (κ1) is 7.21. The van der Waals surface area contributed by atoms with Crippen LogP contribution in [-0.2, 0) is 0 Å². The summed E-state index contributed by atoms with van der Waals surface area (Å²) < 4.78 is 0. The van der Waals surface area contributed by atoms with Crippen LogP contribution in [0.25, 0.3) is 0 Å². The topological polar surface area (TPSA) is 40.7 Å². The molecule has 0 bridgehead atoms. The minimum absolute atomic E-state index is 0.722. The minimum Gasteiger partial charge on any atom is -0.375 e. The first-order valence-electron chi connectivity index (χ1n) is 3.12. The second kappa shape index (κ2) is 3.31. The van der Waals surface area contributed by atoms with Crippen molar-refractivity contribution in [3.63, 3.8) is 0 Å². The zero-order valence-corrected chi connectivity index (χ0v) is 6.53. The van der Waals surface area contributed by atoms with Crippen molar-refractivity contribution in [2.45, 2.75) is 6.92 Å². The first-order valence-corrected chi connectivity index (χ1v) is 3.53. The monoisotopic (exact) mass is 155 g/mol. The van der Waals surface area contributed by atoms with Crippen molar-refractivity contribution in [3.8, 4) is 0 Å². The molecule has 0 atom stereocenters. The van der Waals surface area contributed by atoms with Gasteiger partial charge in [0, 0.05) is 12.7 Å². The van der Waals surface area contributed by atoms with Crippen molar-refractivity contribution in [1.82, 2.24) is 15.5 Å². The second-order valence-electron chi connectivity index (χ2n) is 1.83. The molecule has 3 nitrogen and oxygen atoms in total. The summed E-state index contributed by atoms with van der Waals surface area (Å²) in [7, 11) is 0. The molecule has 0 saturated heterocycles. The van der Waals surface area contributed by atoms with E-state index in [4.69, 9.17) is 12.2 Å². The molecule has 2 N–H and O–H groups in total. The Labute approximate surface area is 64.8 Å². The minimum atomic E-state index is 0.722.